The molecular weight excluding hydrogens is 468 g/mol. The van der Waals surface area contributed by atoms with E-state index in [-0.39, 0.29) is 37.4 Å². The normalized spacial score (nSPS) is 13.9. The van der Waals surface area contributed by atoms with E-state index < -0.39 is 23.9 Å². The van der Waals surface area contributed by atoms with Crippen LogP contribution in [-0.2, 0) is 25.5 Å². The average molecular weight is 507 g/mol. The highest BCUT2D eigenvalue weighted by Crippen LogP contribution is 2.20. The summed E-state index contributed by atoms with van der Waals surface area (Å²) in [6.07, 6.45) is 4.53. The molecule has 0 bridgehead atoms. The lowest BCUT2D eigenvalue weighted by molar-refractivity contribution is -0.150. The summed E-state index contributed by atoms with van der Waals surface area (Å²) >= 11 is 0. The molecule has 2 aromatic carbocycles. The van der Waals surface area contributed by atoms with Gasteiger partial charge in [-0.2, -0.15) is 0 Å². The number of esters is 1. The number of aliphatic hydroxyl groups is 1. The van der Waals surface area contributed by atoms with Gasteiger partial charge < -0.3 is 20.5 Å². The fourth-order valence-electron chi connectivity index (χ4n) is 3.93. The van der Waals surface area contributed by atoms with Crippen molar-refractivity contribution in [3.8, 4) is 0 Å². The van der Waals surface area contributed by atoms with Crippen LogP contribution in [0.4, 0.5) is 0 Å². The second kappa shape index (κ2) is 16.1. The molecule has 2 aromatic rings. The van der Waals surface area contributed by atoms with Crippen molar-refractivity contribution in [1.82, 2.24) is 10.6 Å². The molecule has 0 spiro atoms. The van der Waals surface area contributed by atoms with Crippen molar-refractivity contribution in [2.24, 2.45) is 11.8 Å². The molecule has 0 radical (unpaired) electrons. The Morgan fingerprint density at radius 3 is 2.11 bits per heavy atom. The van der Waals surface area contributed by atoms with Crippen molar-refractivity contribution in [3.63, 3.8) is 0 Å². The van der Waals surface area contributed by atoms with Gasteiger partial charge in [-0.1, -0.05) is 72.8 Å². The van der Waals surface area contributed by atoms with Crippen LogP contribution in [0.3, 0.4) is 0 Å². The zero-order valence-electron chi connectivity index (χ0n) is 21.5. The number of nitrogens with one attached hydrogen (secondary N) is 2. The first-order chi connectivity index (χ1) is 17.9. The molecular formula is C30H38N2O5. The van der Waals surface area contributed by atoms with E-state index in [4.69, 9.17) is 4.74 Å². The van der Waals surface area contributed by atoms with Gasteiger partial charge in [0.1, 0.15) is 6.61 Å². The molecule has 0 aliphatic rings. The number of hydrogen-bond acceptors (Lipinski definition) is 5. The van der Waals surface area contributed by atoms with Gasteiger partial charge >= 0.3 is 5.97 Å². The van der Waals surface area contributed by atoms with Crippen LogP contribution in [-0.4, -0.2) is 42.1 Å². The number of ether oxygens (including phenoxy) is 1. The predicted octanol–water partition coefficient (Wildman–Crippen LogP) is 3.90. The Morgan fingerprint density at radius 1 is 0.919 bits per heavy atom. The van der Waals surface area contributed by atoms with Gasteiger partial charge in [-0.05, 0) is 37.3 Å². The zero-order chi connectivity index (χ0) is 27.0. The SMILES string of the molecule is C=CC[C@H](CC(=O)N[C@H](C)CO)C(=O)N[C@@H](COC(=O)[C@H](CC=C)Cc1ccccc1)c1ccccc1. The van der Waals surface area contributed by atoms with E-state index in [0.29, 0.717) is 19.3 Å². The third-order valence-electron chi connectivity index (χ3n) is 5.96. The fourth-order valence-corrected chi connectivity index (χ4v) is 3.93. The summed E-state index contributed by atoms with van der Waals surface area (Å²) in [5.74, 6) is -2.09. The van der Waals surface area contributed by atoms with Crippen molar-refractivity contribution >= 4 is 17.8 Å². The summed E-state index contributed by atoms with van der Waals surface area (Å²) < 4.78 is 5.71. The molecule has 0 saturated heterocycles. The standard InChI is InChI=1S/C30H38N2O5/c1-4-12-25(19-28(34)31-22(3)20-33)29(35)32-27(24-16-10-7-11-17-24)21-37-30(36)26(13-5-2)18-23-14-8-6-9-15-23/h4-11,14-17,22,25-27,33H,1-2,12-13,18-21H2,3H3,(H,31,34)(H,32,35)/t22-,25-,26-,27+/m1/s1. The lowest BCUT2D eigenvalue weighted by Gasteiger charge is -2.24. The first-order valence-corrected chi connectivity index (χ1v) is 12.6. The van der Waals surface area contributed by atoms with Gasteiger partial charge in [0, 0.05) is 12.5 Å². The number of carbonyl (C=O) groups is 3. The summed E-state index contributed by atoms with van der Waals surface area (Å²) in [7, 11) is 0. The number of aliphatic hydroxyl groups excluding tert-OH is 1. The lowest BCUT2D eigenvalue weighted by atomic mass is 9.96. The number of carbonyl (C=O) groups excluding carboxylic acids is 3. The minimum atomic E-state index is -0.656. The number of amides is 2. The molecule has 3 N–H and O–H groups in total. The van der Waals surface area contributed by atoms with E-state index in [9.17, 15) is 19.5 Å². The fraction of sp³-hybridized carbons (Fsp3) is 0.367. The molecule has 0 unspecified atom stereocenters. The van der Waals surface area contributed by atoms with Crippen LogP contribution in [0.2, 0.25) is 0 Å². The van der Waals surface area contributed by atoms with Crippen molar-refractivity contribution in [1.29, 1.82) is 0 Å². The molecule has 2 amide bonds. The molecule has 0 heterocycles. The maximum Gasteiger partial charge on any atom is 0.309 e. The Morgan fingerprint density at radius 2 is 1.51 bits per heavy atom. The van der Waals surface area contributed by atoms with E-state index in [1.807, 2.05) is 60.7 Å². The second-order valence-electron chi connectivity index (χ2n) is 9.09. The Hall–Kier alpha value is -3.71. The number of hydrogen-bond donors (Lipinski definition) is 3. The summed E-state index contributed by atoms with van der Waals surface area (Å²) in [5, 5.41) is 14.8. The Bertz CT molecular complexity index is 1010. The minimum absolute atomic E-state index is 0.0500. The molecule has 7 heteroatoms. The molecule has 37 heavy (non-hydrogen) atoms. The van der Waals surface area contributed by atoms with E-state index in [0.717, 1.165) is 11.1 Å². The summed E-state index contributed by atoms with van der Waals surface area (Å²) in [6.45, 7) is 8.91. The number of benzene rings is 2. The van der Waals surface area contributed by atoms with Gasteiger partial charge in [-0.25, -0.2) is 0 Å². The maximum absolute atomic E-state index is 13.2. The summed E-state index contributed by atoms with van der Waals surface area (Å²) in [6, 6.07) is 18.0. The first-order valence-electron chi connectivity index (χ1n) is 12.6. The van der Waals surface area contributed by atoms with Gasteiger partial charge in [0.2, 0.25) is 11.8 Å². The summed E-state index contributed by atoms with van der Waals surface area (Å²) in [5.41, 5.74) is 1.81. The first kappa shape index (κ1) is 29.5. The molecule has 0 fully saturated rings. The smallest absolute Gasteiger partial charge is 0.309 e. The van der Waals surface area contributed by atoms with Crippen molar-refractivity contribution < 1.29 is 24.2 Å². The minimum Gasteiger partial charge on any atom is -0.463 e. The topological polar surface area (TPSA) is 105 Å². The zero-order valence-corrected chi connectivity index (χ0v) is 21.5. The van der Waals surface area contributed by atoms with Crippen molar-refractivity contribution in [2.75, 3.05) is 13.2 Å². The van der Waals surface area contributed by atoms with Crippen LogP contribution in [0.1, 0.15) is 43.4 Å². The van der Waals surface area contributed by atoms with Gasteiger partial charge in [0.05, 0.1) is 24.5 Å². The molecule has 198 valence electrons. The molecule has 2 rings (SSSR count). The van der Waals surface area contributed by atoms with E-state index in [1.165, 1.54) is 0 Å². The molecule has 0 aliphatic heterocycles. The Labute approximate surface area is 219 Å². The number of rotatable bonds is 16. The van der Waals surface area contributed by atoms with Gasteiger partial charge in [-0.15, -0.1) is 13.2 Å². The van der Waals surface area contributed by atoms with Gasteiger partial charge in [0.25, 0.3) is 0 Å². The highest BCUT2D eigenvalue weighted by atomic mass is 16.5. The third-order valence-corrected chi connectivity index (χ3v) is 5.96. The maximum atomic E-state index is 13.2. The monoisotopic (exact) mass is 506 g/mol. The third kappa shape index (κ3) is 10.4. The number of allylic oxidation sites excluding steroid dienone is 2. The quantitative estimate of drug-likeness (QED) is 0.237. The Balaban J connectivity index is 2.11. The highest BCUT2D eigenvalue weighted by Gasteiger charge is 2.26. The molecule has 0 saturated carbocycles. The lowest BCUT2D eigenvalue weighted by Crippen LogP contribution is -2.41. The van der Waals surface area contributed by atoms with Crippen molar-refractivity contribution in [3.05, 3.63) is 97.1 Å². The molecule has 4 atom stereocenters. The van der Waals surface area contributed by atoms with Crippen LogP contribution in [0.25, 0.3) is 0 Å². The van der Waals surface area contributed by atoms with Crippen LogP contribution < -0.4 is 10.6 Å². The molecule has 7 nitrogen and oxygen atoms in total. The van der Waals surface area contributed by atoms with Gasteiger partial charge in [0.15, 0.2) is 0 Å². The second-order valence-corrected chi connectivity index (χ2v) is 9.09. The van der Waals surface area contributed by atoms with Gasteiger partial charge in [-0.3, -0.25) is 14.4 Å². The summed E-state index contributed by atoms with van der Waals surface area (Å²) in [4.78, 5) is 38.5. The van der Waals surface area contributed by atoms with Crippen LogP contribution >= 0.6 is 0 Å². The van der Waals surface area contributed by atoms with Crippen molar-refractivity contribution in [2.45, 2.75) is 44.7 Å². The van der Waals surface area contributed by atoms with E-state index in [1.54, 1.807) is 19.1 Å². The van der Waals surface area contributed by atoms with E-state index in [2.05, 4.69) is 23.8 Å². The predicted molar refractivity (Wildman–Crippen MR) is 144 cm³/mol. The van der Waals surface area contributed by atoms with Crippen LogP contribution in [0.5, 0.6) is 0 Å². The highest BCUT2D eigenvalue weighted by molar-refractivity contribution is 5.86. The van der Waals surface area contributed by atoms with Crippen LogP contribution in [0.15, 0.2) is 86.0 Å². The molecule has 0 aliphatic carbocycles. The molecule has 0 aromatic heterocycles. The average Bonchev–Trinajstić information content (AvgIpc) is 2.91. The van der Waals surface area contributed by atoms with E-state index >= 15 is 0 Å². The largest absolute Gasteiger partial charge is 0.463 e. The Kier molecular flexibility index (Phi) is 12.9. The van der Waals surface area contributed by atoms with Crippen LogP contribution in [0, 0.1) is 11.8 Å².